The number of benzene rings is 1. The minimum Gasteiger partial charge on any atom is -0.339 e. The van der Waals surface area contributed by atoms with Gasteiger partial charge in [0.25, 0.3) is 0 Å². The van der Waals surface area contributed by atoms with E-state index in [4.69, 9.17) is 0 Å². The van der Waals surface area contributed by atoms with Crippen molar-refractivity contribution in [2.24, 2.45) is 5.41 Å². The van der Waals surface area contributed by atoms with E-state index < -0.39 is 0 Å². The molecular weight excluding hydrogens is 300 g/mol. The topological polar surface area (TPSA) is 40.6 Å². The van der Waals surface area contributed by atoms with Gasteiger partial charge in [-0.15, -0.1) is 0 Å². The molecule has 2 amide bonds. The highest BCUT2D eigenvalue weighted by molar-refractivity contribution is 5.80. The number of hydrogen-bond donors (Lipinski definition) is 0. The zero-order valence-electron chi connectivity index (χ0n) is 15.7. The molecule has 0 aromatic heterocycles. The monoisotopic (exact) mass is 330 g/mol. The first kappa shape index (κ1) is 18.5. The maximum Gasteiger partial charge on any atom is 0.227 e. The molecule has 2 rings (SSSR count). The van der Waals surface area contributed by atoms with Crippen LogP contribution in [-0.4, -0.2) is 47.8 Å². The van der Waals surface area contributed by atoms with Gasteiger partial charge in [-0.05, 0) is 36.0 Å². The second kappa shape index (κ2) is 7.37. The Morgan fingerprint density at radius 2 is 1.46 bits per heavy atom. The van der Waals surface area contributed by atoms with Crippen LogP contribution in [0, 0.1) is 19.3 Å². The van der Waals surface area contributed by atoms with E-state index in [1.54, 1.807) is 0 Å². The second-order valence-corrected chi connectivity index (χ2v) is 8.09. The van der Waals surface area contributed by atoms with Crippen LogP contribution in [0.25, 0.3) is 0 Å². The molecule has 0 aliphatic carbocycles. The van der Waals surface area contributed by atoms with Gasteiger partial charge >= 0.3 is 0 Å². The summed E-state index contributed by atoms with van der Waals surface area (Å²) in [5, 5.41) is 0. The molecule has 0 radical (unpaired) electrons. The summed E-state index contributed by atoms with van der Waals surface area (Å²) in [6, 6.07) is 6.20. The summed E-state index contributed by atoms with van der Waals surface area (Å²) in [7, 11) is 0. The predicted molar refractivity (Wildman–Crippen MR) is 96.9 cm³/mol. The van der Waals surface area contributed by atoms with Gasteiger partial charge in [-0.25, -0.2) is 0 Å². The molecule has 1 saturated heterocycles. The van der Waals surface area contributed by atoms with Crippen LogP contribution in [0.4, 0.5) is 0 Å². The smallest absolute Gasteiger partial charge is 0.227 e. The van der Waals surface area contributed by atoms with Crippen molar-refractivity contribution in [2.45, 2.75) is 47.5 Å². The molecule has 0 unspecified atom stereocenters. The van der Waals surface area contributed by atoms with Gasteiger partial charge in [0.15, 0.2) is 0 Å². The Morgan fingerprint density at radius 3 is 1.96 bits per heavy atom. The first-order chi connectivity index (χ1) is 11.2. The predicted octanol–water partition coefficient (Wildman–Crippen LogP) is 2.95. The third-order valence-electron chi connectivity index (χ3n) is 4.59. The van der Waals surface area contributed by atoms with Gasteiger partial charge in [0.1, 0.15) is 0 Å². The Morgan fingerprint density at radius 1 is 0.917 bits per heavy atom. The molecule has 1 fully saturated rings. The van der Waals surface area contributed by atoms with Crippen molar-refractivity contribution in [3.8, 4) is 0 Å². The highest BCUT2D eigenvalue weighted by Crippen LogP contribution is 2.20. The average molecular weight is 330 g/mol. The minimum atomic E-state index is 0.00728. The fourth-order valence-corrected chi connectivity index (χ4v) is 2.97. The number of carbonyl (C=O) groups is 2. The molecule has 24 heavy (non-hydrogen) atoms. The van der Waals surface area contributed by atoms with Gasteiger partial charge in [0.2, 0.25) is 11.8 Å². The van der Waals surface area contributed by atoms with E-state index in [0.29, 0.717) is 39.0 Å². The molecule has 1 aromatic carbocycles. The van der Waals surface area contributed by atoms with Crippen molar-refractivity contribution in [3.05, 3.63) is 34.9 Å². The van der Waals surface area contributed by atoms with Crippen LogP contribution < -0.4 is 0 Å². The lowest BCUT2D eigenvalue weighted by atomic mass is 9.91. The van der Waals surface area contributed by atoms with Crippen LogP contribution in [0.3, 0.4) is 0 Å². The Labute approximate surface area is 145 Å². The third-order valence-corrected chi connectivity index (χ3v) is 4.59. The zero-order chi connectivity index (χ0) is 17.9. The molecular formula is C20H30N2O2. The highest BCUT2D eigenvalue weighted by Gasteiger charge is 2.26. The van der Waals surface area contributed by atoms with Gasteiger partial charge in [-0.2, -0.15) is 0 Å². The lowest BCUT2D eigenvalue weighted by Gasteiger charge is -2.36. The molecule has 1 aromatic rings. The van der Waals surface area contributed by atoms with Gasteiger partial charge in [0.05, 0.1) is 6.42 Å². The van der Waals surface area contributed by atoms with E-state index in [-0.39, 0.29) is 17.2 Å². The largest absolute Gasteiger partial charge is 0.339 e. The molecule has 1 aliphatic rings. The van der Waals surface area contributed by atoms with E-state index in [1.807, 2.05) is 15.9 Å². The molecule has 1 heterocycles. The number of piperazine rings is 1. The maximum atomic E-state index is 12.5. The Kier molecular flexibility index (Phi) is 5.68. The van der Waals surface area contributed by atoms with E-state index >= 15 is 0 Å². The molecule has 132 valence electrons. The minimum absolute atomic E-state index is 0.00728. The summed E-state index contributed by atoms with van der Waals surface area (Å²) in [6.45, 7) is 13.0. The Bertz CT molecular complexity index is 609. The van der Waals surface area contributed by atoms with Crippen LogP contribution in [0.1, 0.15) is 43.9 Å². The van der Waals surface area contributed by atoms with Crippen molar-refractivity contribution in [1.29, 1.82) is 0 Å². The van der Waals surface area contributed by atoms with Crippen LogP contribution in [0.2, 0.25) is 0 Å². The van der Waals surface area contributed by atoms with Gasteiger partial charge in [-0.1, -0.05) is 39.0 Å². The average Bonchev–Trinajstić information content (AvgIpc) is 2.49. The standard InChI is InChI=1S/C20H30N2O2/c1-15-6-7-17(12-16(15)2)13-18(23)21-8-10-22(11-9-21)19(24)14-20(3,4)5/h6-7,12H,8-11,13-14H2,1-5H3. The number of rotatable bonds is 3. The number of aryl methyl sites for hydroxylation is 2. The van der Waals surface area contributed by atoms with E-state index in [2.05, 4.69) is 46.8 Å². The van der Waals surface area contributed by atoms with Crippen molar-refractivity contribution < 1.29 is 9.59 Å². The maximum absolute atomic E-state index is 12.5. The normalized spacial score (nSPS) is 15.5. The van der Waals surface area contributed by atoms with Crippen molar-refractivity contribution in [3.63, 3.8) is 0 Å². The molecule has 4 heteroatoms. The molecule has 0 atom stereocenters. The fraction of sp³-hybridized carbons (Fsp3) is 0.600. The van der Waals surface area contributed by atoms with Crippen molar-refractivity contribution >= 4 is 11.8 Å². The molecule has 1 aliphatic heterocycles. The summed E-state index contributed by atoms with van der Waals surface area (Å²) >= 11 is 0. The van der Waals surface area contributed by atoms with Crippen LogP contribution in [0.15, 0.2) is 18.2 Å². The summed E-state index contributed by atoms with van der Waals surface area (Å²) in [6.07, 6.45) is 1.00. The zero-order valence-corrected chi connectivity index (χ0v) is 15.7. The quantitative estimate of drug-likeness (QED) is 0.855. The number of nitrogens with zero attached hydrogens (tertiary/aromatic N) is 2. The SMILES string of the molecule is Cc1ccc(CC(=O)N2CCN(C(=O)CC(C)(C)C)CC2)cc1C. The van der Waals surface area contributed by atoms with E-state index in [0.717, 1.165) is 5.56 Å². The second-order valence-electron chi connectivity index (χ2n) is 8.09. The number of hydrogen-bond acceptors (Lipinski definition) is 2. The lowest BCUT2D eigenvalue weighted by molar-refractivity contribution is -0.140. The van der Waals surface area contributed by atoms with Crippen LogP contribution in [0.5, 0.6) is 0 Å². The summed E-state index contributed by atoms with van der Waals surface area (Å²) in [5.41, 5.74) is 3.54. The Balaban J connectivity index is 1.86. The molecule has 0 spiro atoms. The third kappa shape index (κ3) is 5.08. The van der Waals surface area contributed by atoms with E-state index in [9.17, 15) is 9.59 Å². The van der Waals surface area contributed by atoms with E-state index in [1.165, 1.54) is 11.1 Å². The first-order valence-electron chi connectivity index (χ1n) is 8.77. The van der Waals surface area contributed by atoms with Crippen molar-refractivity contribution in [2.75, 3.05) is 26.2 Å². The number of carbonyl (C=O) groups excluding carboxylic acids is 2. The lowest BCUT2D eigenvalue weighted by Crippen LogP contribution is -2.51. The molecule has 4 nitrogen and oxygen atoms in total. The van der Waals surface area contributed by atoms with Crippen molar-refractivity contribution in [1.82, 2.24) is 9.80 Å². The summed E-state index contributed by atoms with van der Waals surface area (Å²) in [4.78, 5) is 28.5. The first-order valence-corrected chi connectivity index (χ1v) is 8.77. The van der Waals surface area contributed by atoms with Gasteiger partial charge in [-0.3, -0.25) is 9.59 Å². The summed E-state index contributed by atoms with van der Waals surface area (Å²) in [5.74, 6) is 0.352. The summed E-state index contributed by atoms with van der Waals surface area (Å²) < 4.78 is 0. The highest BCUT2D eigenvalue weighted by atomic mass is 16.2. The fourth-order valence-electron chi connectivity index (χ4n) is 2.97. The molecule has 0 saturated carbocycles. The Hall–Kier alpha value is -1.84. The van der Waals surface area contributed by atoms with Gasteiger partial charge < -0.3 is 9.80 Å². The van der Waals surface area contributed by atoms with Gasteiger partial charge in [0, 0.05) is 32.6 Å². The molecule has 0 N–H and O–H groups in total. The van der Waals surface area contributed by atoms with Crippen LogP contribution in [-0.2, 0) is 16.0 Å². The molecule has 0 bridgehead atoms. The van der Waals surface area contributed by atoms with Crippen LogP contribution >= 0.6 is 0 Å². The number of amides is 2.